The van der Waals surface area contributed by atoms with Crippen molar-refractivity contribution in [3.05, 3.63) is 212 Å². The summed E-state index contributed by atoms with van der Waals surface area (Å²) in [4.78, 5) is 14.3. The lowest BCUT2D eigenvalue weighted by molar-refractivity contribution is -0.132. The van der Waals surface area contributed by atoms with Crippen LogP contribution in [0.2, 0.25) is 0 Å². The van der Waals surface area contributed by atoms with Gasteiger partial charge in [0.2, 0.25) is 0 Å². The average molecular weight is 1180 g/mol. The van der Waals surface area contributed by atoms with E-state index in [4.69, 9.17) is 18.9 Å². The van der Waals surface area contributed by atoms with Gasteiger partial charge in [0.1, 0.15) is 34.6 Å². The smallest absolute Gasteiger partial charge is 0.346 e. The second-order valence-corrected chi connectivity index (χ2v) is 23.1. The van der Waals surface area contributed by atoms with E-state index in [1.165, 1.54) is 59.6 Å². The predicted octanol–water partition coefficient (Wildman–Crippen LogP) is 21.4. The first-order valence-electron chi connectivity index (χ1n) is 32.8. The van der Waals surface area contributed by atoms with Gasteiger partial charge in [-0.3, -0.25) is 0 Å². The highest BCUT2D eigenvalue weighted by atomic mass is 16.5. The summed E-state index contributed by atoms with van der Waals surface area (Å²) >= 11 is 0. The van der Waals surface area contributed by atoms with Gasteiger partial charge in [0, 0.05) is 39.3 Å². The van der Waals surface area contributed by atoms with Gasteiger partial charge in [0.25, 0.3) is 0 Å². The zero-order chi connectivity index (χ0) is 61.6. The molecule has 0 atom stereocenters. The molecule has 0 aliphatic heterocycles. The van der Waals surface area contributed by atoms with Crippen molar-refractivity contribution >= 4 is 65.6 Å². The van der Waals surface area contributed by atoms with E-state index in [-0.39, 0.29) is 5.57 Å². The molecule has 0 fully saturated rings. The molecular formula is C80H92N2O6. The molecule has 0 heterocycles. The number of carboxylic acids is 1. The average Bonchev–Trinajstić information content (AvgIpc) is 3.16. The summed E-state index contributed by atoms with van der Waals surface area (Å²) < 4.78 is 26.4. The zero-order valence-electron chi connectivity index (χ0n) is 52.8. The number of para-hydroxylation sites is 2. The van der Waals surface area contributed by atoms with Crippen LogP contribution < -0.4 is 23.8 Å². The molecule has 7 aromatic carbocycles. The van der Waals surface area contributed by atoms with Gasteiger partial charge >= 0.3 is 5.97 Å². The molecule has 0 unspecified atom stereocenters. The van der Waals surface area contributed by atoms with Crippen LogP contribution in [0.3, 0.4) is 0 Å². The van der Waals surface area contributed by atoms with Crippen molar-refractivity contribution in [3.63, 3.8) is 0 Å². The number of ether oxygens (including phenoxy) is 4. The van der Waals surface area contributed by atoms with Crippen LogP contribution in [-0.4, -0.2) is 37.5 Å². The second kappa shape index (κ2) is 35.9. The van der Waals surface area contributed by atoms with Crippen molar-refractivity contribution in [1.29, 1.82) is 5.26 Å². The van der Waals surface area contributed by atoms with Crippen molar-refractivity contribution in [2.24, 2.45) is 0 Å². The minimum absolute atomic E-state index is 0.357. The SMILES string of the molecule is CCCCCCOc1cc(/C=C/c2cc3ccc2CCc2ccc(c(/C=C/c4cc(OCCCCCC)c(/C=C(\C#N)C(=O)O)cc4OCCCCCC)c2)CC3)c(OCCCCCC)cc1/C=C/c1ccc(N(c2ccccc2)c2ccccc2)cc1. The number of benzene rings is 7. The monoisotopic (exact) mass is 1180 g/mol. The summed E-state index contributed by atoms with van der Waals surface area (Å²) in [5.74, 6) is 1.58. The van der Waals surface area contributed by atoms with Crippen LogP contribution >= 0.6 is 0 Å². The van der Waals surface area contributed by atoms with Crippen molar-refractivity contribution in [1.82, 2.24) is 0 Å². The first-order valence-corrected chi connectivity index (χ1v) is 32.8. The van der Waals surface area contributed by atoms with E-state index in [1.54, 1.807) is 0 Å². The number of carbonyl (C=O) groups is 1. The van der Waals surface area contributed by atoms with Gasteiger partial charge in [0.05, 0.1) is 26.4 Å². The van der Waals surface area contributed by atoms with Crippen molar-refractivity contribution in [2.75, 3.05) is 31.3 Å². The fraction of sp³-hybridized carbons (Fsp3) is 0.350. The molecular weight excluding hydrogens is 1080 g/mol. The third-order valence-electron chi connectivity index (χ3n) is 16.3. The van der Waals surface area contributed by atoms with Crippen molar-refractivity contribution in [3.8, 4) is 29.1 Å². The molecule has 1 N–H and O–H groups in total. The van der Waals surface area contributed by atoms with Crippen LogP contribution in [0.1, 0.15) is 192 Å². The molecule has 458 valence electrons. The molecule has 8 heteroatoms. The molecule has 4 bridgehead atoms. The van der Waals surface area contributed by atoms with Crippen LogP contribution in [0, 0.1) is 11.3 Å². The molecule has 4 aliphatic carbocycles. The van der Waals surface area contributed by atoms with Crippen LogP contribution in [0.15, 0.2) is 151 Å². The topological polar surface area (TPSA) is 101 Å². The fourth-order valence-electron chi connectivity index (χ4n) is 11.1. The van der Waals surface area contributed by atoms with Gasteiger partial charge in [-0.25, -0.2) is 4.79 Å². The molecule has 11 rings (SSSR count). The highest BCUT2D eigenvalue weighted by Crippen LogP contribution is 2.38. The molecule has 4 aliphatic rings. The first kappa shape index (κ1) is 65.4. The molecule has 0 spiro atoms. The number of hydrogen-bond donors (Lipinski definition) is 1. The maximum atomic E-state index is 12.1. The normalized spacial score (nSPS) is 12.4. The number of aryl methyl sites for hydroxylation is 4. The Morgan fingerprint density at radius 2 is 0.784 bits per heavy atom. The third-order valence-corrected chi connectivity index (χ3v) is 16.3. The number of anilines is 3. The number of aliphatic carboxylic acids is 1. The van der Waals surface area contributed by atoms with Crippen molar-refractivity contribution in [2.45, 2.75) is 156 Å². The van der Waals surface area contributed by atoms with Gasteiger partial charge in [-0.15, -0.1) is 0 Å². The predicted molar refractivity (Wildman–Crippen MR) is 368 cm³/mol. The highest BCUT2D eigenvalue weighted by molar-refractivity contribution is 5.97. The van der Waals surface area contributed by atoms with E-state index in [0.717, 1.165) is 159 Å². The van der Waals surface area contributed by atoms with Crippen LogP contribution in [0.25, 0.3) is 42.5 Å². The molecule has 0 saturated heterocycles. The minimum Gasteiger partial charge on any atom is -0.493 e. The Hall–Kier alpha value is -8.54. The molecule has 8 nitrogen and oxygen atoms in total. The van der Waals surface area contributed by atoms with E-state index in [0.29, 0.717) is 43.5 Å². The largest absolute Gasteiger partial charge is 0.493 e. The maximum absolute atomic E-state index is 12.1. The maximum Gasteiger partial charge on any atom is 0.346 e. The van der Waals surface area contributed by atoms with E-state index in [2.05, 4.69) is 203 Å². The zero-order valence-corrected chi connectivity index (χ0v) is 52.8. The lowest BCUT2D eigenvalue weighted by Crippen LogP contribution is -2.09. The number of carboxylic acid groups (broad SMARTS) is 1. The molecule has 0 radical (unpaired) electrons. The summed E-state index contributed by atoms with van der Waals surface area (Å²) in [6, 6.07) is 53.7. The quantitative estimate of drug-likeness (QED) is 0.0181. The summed E-state index contributed by atoms with van der Waals surface area (Å²) in [5.41, 5.74) is 14.8. The molecule has 0 saturated carbocycles. The summed E-state index contributed by atoms with van der Waals surface area (Å²) in [7, 11) is 0. The van der Waals surface area contributed by atoms with Crippen LogP contribution in [0.5, 0.6) is 23.0 Å². The van der Waals surface area contributed by atoms with Crippen molar-refractivity contribution < 1.29 is 28.8 Å². The van der Waals surface area contributed by atoms with Gasteiger partial charge in [0.15, 0.2) is 0 Å². The summed E-state index contributed by atoms with van der Waals surface area (Å²) in [5, 5.41) is 19.6. The van der Waals surface area contributed by atoms with Crippen LogP contribution in [0.4, 0.5) is 17.1 Å². The van der Waals surface area contributed by atoms with Gasteiger partial charge < -0.3 is 29.0 Å². The molecule has 88 heavy (non-hydrogen) atoms. The van der Waals surface area contributed by atoms with E-state index in [9.17, 15) is 15.2 Å². The van der Waals surface area contributed by atoms with Gasteiger partial charge in [-0.2, -0.15) is 5.26 Å². The molecule has 0 amide bonds. The Balaban J connectivity index is 1.07. The van der Waals surface area contributed by atoms with Crippen LogP contribution in [-0.2, 0) is 30.5 Å². The number of hydrogen-bond acceptors (Lipinski definition) is 7. The Morgan fingerprint density at radius 1 is 0.420 bits per heavy atom. The Kier molecular flexibility index (Phi) is 26.7. The molecule has 0 aromatic heterocycles. The highest BCUT2D eigenvalue weighted by Gasteiger charge is 2.18. The van der Waals surface area contributed by atoms with E-state index >= 15 is 0 Å². The number of rotatable bonds is 35. The second-order valence-electron chi connectivity index (χ2n) is 23.1. The van der Waals surface area contributed by atoms with E-state index < -0.39 is 5.97 Å². The van der Waals surface area contributed by atoms with Gasteiger partial charge in [-0.05, 0) is 157 Å². The Labute approximate surface area is 525 Å². The van der Waals surface area contributed by atoms with Gasteiger partial charge in [-0.1, -0.05) is 226 Å². The molecule has 7 aromatic rings. The summed E-state index contributed by atoms with van der Waals surface area (Å²) in [6.07, 6.45) is 35.3. The summed E-state index contributed by atoms with van der Waals surface area (Å²) in [6.45, 7) is 11.2. The fourth-order valence-corrected chi connectivity index (χ4v) is 11.1. The van der Waals surface area contributed by atoms with E-state index in [1.807, 2.05) is 18.2 Å². The number of nitrogens with zero attached hydrogens (tertiary/aromatic N) is 2. The lowest BCUT2D eigenvalue weighted by atomic mass is 9.90. The Bertz CT molecular complexity index is 3420. The first-order chi connectivity index (χ1) is 43.3. The number of nitriles is 1. The lowest BCUT2D eigenvalue weighted by Gasteiger charge is -2.25. The number of unbranched alkanes of at least 4 members (excludes halogenated alkanes) is 12. The Morgan fingerprint density at radius 3 is 1.17 bits per heavy atom. The minimum atomic E-state index is -1.28. The standard InChI is InChI=1S/C80H92N2O6/c1-5-9-13-23-49-85-76-57-69(77(86-50-24-14-10-6-2)56-68(76)42-31-61-36-47-75(48-37-61)82(73-27-19-17-20-28-73)74-29-21-18-22-30-74)45-43-66-53-62-32-38-64(66)39-33-63-35-41-65(40-34-62)67(54-63)44-46-70-58-79(88-52-26-16-12-8-4)71(55-72(60-81)80(83)84)59-78(70)87-51-25-15-11-7-3/h17-22,27-32,35-38,41-48,53-59H,5-16,23-26,33-34,39-40,49-52H2,1-4H3,(H,83,84)/b42-31+,45-43+,46-44+,72-55+. The third kappa shape index (κ3) is 20.0.